The lowest BCUT2D eigenvalue weighted by Crippen LogP contribution is -2.25. The fraction of sp³-hybridized carbons (Fsp3) is 0.400. The molecule has 1 aromatic heterocycles. The van der Waals surface area contributed by atoms with E-state index < -0.39 is 0 Å². The molecule has 20 heavy (non-hydrogen) atoms. The Hall–Kier alpha value is -1.43. The third-order valence-electron chi connectivity index (χ3n) is 2.93. The van der Waals surface area contributed by atoms with Gasteiger partial charge >= 0.3 is 0 Å². The Kier molecular flexibility index (Phi) is 5.98. The Morgan fingerprint density at radius 2 is 2.05 bits per heavy atom. The third kappa shape index (κ3) is 4.59. The van der Waals surface area contributed by atoms with Gasteiger partial charge in [-0.3, -0.25) is 4.90 Å². The Labute approximate surface area is 124 Å². The largest absolute Gasteiger partial charge is 0.395 e. The van der Waals surface area contributed by atoms with Gasteiger partial charge in [-0.1, -0.05) is 30.3 Å². The van der Waals surface area contributed by atoms with E-state index in [1.54, 1.807) is 11.3 Å². The molecular formula is C15H21N3OS. The Balaban J connectivity index is 1.97. The molecule has 0 unspecified atom stereocenters. The second-order valence-corrected chi connectivity index (χ2v) is 5.70. The normalized spacial score (nSPS) is 10.9. The summed E-state index contributed by atoms with van der Waals surface area (Å²) in [6.45, 7) is 5.45. The average molecular weight is 291 g/mol. The van der Waals surface area contributed by atoms with E-state index in [0.717, 1.165) is 24.8 Å². The van der Waals surface area contributed by atoms with Gasteiger partial charge in [-0.05, 0) is 12.5 Å². The third-order valence-corrected chi connectivity index (χ3v) is 3.87. The highest BCUT2D eigenvalue weighted by Gasteiger charge is 2.09. The van der Waals surface area contributed by atoms with E-state index in [4.69, 9.17) is 0 Å². The van der Waals surface area contributed by atoms with Crippen molar-refractivity contribution in [2.75, 3.05) is 25.0 Å². The SMILES string of the molecule is CCNc1ncc(CN(CCO)Cc2ccccc2)s1. The van der Waals surface area contributed by atoms with Crippen LogP contribution in [0.15, 0.2) is 36.5 Å². The van der Waals surface area contributed by atoms with Crippen LogP contribution in [0.2, 0.25) is 0 Å². The smallest absolute Gasteiger partial charge is 0.182 e. The number of aliphatic hydroxyl groups is 1. The van der Waals surface area contributed by atoms with Crippen molar-refractivity contribution in [2.24, 2.45) is 0 Å². The molecule has 0 atom stereocenters. The highest BCUT2D eigenvalue weighted by molar-refractivity contribution is 7.15. The Bertz CT molecular complexity index is 501. The molecule has 108 valence electrons. The topological polar surface area (TPSA) is 48.4 Å². The first kappa shape index (κ1) is 15.0. The van der Waals surface area contributed by atoms with Gasteiger partial charge < -0.3 is 10.4 Å². The predicted molar refractivity (Wildman–Crippen MR) is 83.9 cm³/mol. The van der Waals surface area contributed by atoms with Gasteiger partial charge in [0.15, 0.2) is 5.13 Å². The van der Waals surface area contributed by atoms with Crippen molar-refractivity contribution in [2.45, 2.75) is 20.0 Å². The molecule has 1 aromatic carbocycles. The van der Waals surface area contributed by atoms with Crippen molar-refractivity contribution in [1.29, 1.82) is 0 Å². The molecule has 0 aliphatic rings. The summed E-state index contributed by atoms with van der Waals surface area (Å²) in [6, 6.07) is 10.3. The number of aliphatic hydroxyl groups excluding tert-OH is 1. The molecular weight excluding hydrogens is 270 g/mol. The molecule has 2 aromatic rings. The van der Waals surface area contributed by atoms with Gasteiger partial charge in [-0.25, -0.2) is 4.98 Å². The van der Waals surface area contributed by atoms with Gasteiger partial charge in [0.1, 0.15) is 0 Å². The summed E-state index contributed by atoms with van der Waals surface area (Å²) in [6.07, 6.45) is 1.91. The van der Waals surface area contributed by atoms with E-state index in [1.807, 2.05) is 24.4 Å². The van der Waals surface area contributed by atoms with E-state index in [0.29, 0.717) is 6.54 Å². The zero-order valence-electron chi connectivity index (χ0n) is 11.7. The minimum absolute atomic E-state index is 0.172. The second-order valence-electron chi connectivity index (χ2n) is 4.58. The minimum Gasteiger partial charge on any atom is -0.395 e. The first-order valence-electron chi connectivity index (χ1n) is 6.87. The van der Waals surface area contributed by atoms with Gasteiger partial charge in [0.2, 0.25) is 0 Å². The van der Waals surface area contributed by atoms with Crippen molar-refractivity contribution in [3.63, 3.8) is 0 Å². The van der Waals surface area contributed by atoms with Gasteiger partial charge in [0.05, 0.1) is 6.61 Å². The van der Waals surface area contributed by atoms with Crippen LogP contribution in [0.3, 0.4) is 0 Å². The zero-order chi connectivity index (χ0) is 14.2. The van der Waals surface area contributed by atoms with E-state index in [2.05, 4.69) is 34.3 Å². The molecule has 1 heterocycles. The fourth-order valence-electron chi connectivity index (χ4n) is 2.03. The van der Waals surface area contributed by atoms with Crippen LogP contribution < -0.4 is 5.32 Å². The molecule has 0 fully saturated rings. The molecule has 0 aliphatic heterocycles. The van der Waals surface area contributed by atoms with Crippen molar-refractivity contribution in [3.05, 3.63) is 47.0 Å². The van der Waals surface area contributed by atoms with Crippen LogP contribution in [-0.2, 0) is 13.1 Å². The van der Waals surface area contributed by atoms with Crippen molar-refractivity contribution in [3.8, 4) is 0 Å². The van der Waals surface area contributed by atoms with Crippen LogP contribution in [0, 0.1) is 0 Å². The van der Waals surface area contributed by atoms with E-state index in [1.165, 1.54) is 10.4 Å². The summed E-state index contributed by atoms with van der Waals surface area (Å²) in [5, 5.41) is 13.4. The molecule has 4 nitrogen and oxygen atoms in total. The summed E-state index contributed by atoms with van der Waals surface area (Å²) in [5.41, 5.74) is 1.26. The molecule has 5 heteroatoms. The average Bonchev–Trinajstić information content (AvgIpc) is 2.88. The number of thiazole rings is 1. The van der Waals surface area contributed by atoms with E-state index in [-0.39, 0.29) is 6.61 Å². The predicted octanol–water partition coefficient (Wildman–Crippen LogP) is 2.57. The van der Waals surface area contributed by atoms with Crippen LogP contribution in [0.5, 0.6) is 0 Å². The molecule has 2 rings (SSSR count). The molecule has 0 aliphatic carbocycles. The highest BCUT2D eigenvalue weighted by atomic mass is 32.1. The lowest BCUT2D eigenvalue weighted by atomic mass is 10.2. The second kappa shape index (κ2) is 7.99. The van der Waals surface area contributed by atoms with Crippen molar-refractivity contribution >= 4 is 16.5 Å². The van der Waals surface area contributed by atoms with Gasteiger partial charge in [0.25, 0.3) is 0 Å². The summed E-state index contributed by atoms with van der Waals surface area (Å²) in [5.74, 6) is 0. The number of rotatable bonds is 8. The fourth-order valence-corrected chi connectivity index (χ4v) is 2.95. The number of hydrogen-bond acceptors (Lipinski definition) is 5. The van der Waals surface area contributed by atoms with Gasteiger partial charge in [-0.2, -0.15) is 0 Å². The first-order valence-corrected chi connectivity index (χ1v) is 7.69. The van der Waals surface area contributed by atoms with Gasteiger partial charge in [-0.15, -0.1) is 11.3 Å². The number of aromatic nitrogens is 1. The zero-order valence-corrected chi connectivity index (χ0v) is 12.6. The number of hydrogen-bond donors (Lipinski definition) is 2. The number of nitrogens with zero attached hydrogens (tertiary/aromatic N) is 2. The summed E-state index contributed by atoms with van der Waals surface area (Å²) in [7, 11) is 0. The minimum atomic E-state index is 0.172. The van der Waals surface area contributed by atoms with Crippen molar-refractivity contribution < 1.29 is 5.11 Å². The molecule has 2 N–H and O–H groups in total. The van der Waals surface area contributed by atoms with Crippen LogP contribution in [0.4, 0.5) is 5.13 Å². The number of anilines is 1. The molecule has 0 radical (unpaired) electrons. The number of nitrogens with one attached hydrogen (secondary N) is 1. The van der Waals surface area contributed by atoms with Crippen molar-refractivity contribution in [1.82, 2.24) is 9.88 Å². The highest BCUT2D eigenvalue weighted by Crippen LogP contribution is 2.20. The number of benzene rings is 1. The summed E-state index contributed by atoms with van der Waals surface area (Å²) in [4.78, 5) is 7.79. The van der Waals surface area contributed by atoms with Crippen LogP contribution in [-0.4, -0.2) is 34.7 Å². The maximum absolute atomic E-state index is 9.22. The van der Waals surface area contributed by atoms with Crippen LogP contribution in [0.25, 0.3) is 0 Å². The van der Waals surface area contributed by atoms with Crippen LogP contribution >= 0.6 is 11.3 Å². The summed E-state index contributed by atoms with van der Waals surface area (Å²) < 4.78 is 0. The standard InChI is InChI=1S/C15H21N3OS/c1-2-16-15-17-10-14(20-15)12-18(8-9-19)11-13-6-4-3-5-7-13/h3-7,10,19H,2,8-9,11-12H2,1H3,(H,16,17). The molecule has 0 saturated heterocycles. The Morgan fingerprint density at radius 1 is 1.25 bits per heavy atom. The lowest BCUT2D eigenvalue weighted by Gasteiger charge is -2.20. The monoisotopic (exact) mass is 291 g/mol. The Morgan fingerprint density at radius 3 is 2.75 bits per heavy atom. The van der Waals surface area contributed by atoms with Gasteiger partial charge in [0, 0.05) is 37.3 Å². The summed E-state index contributed by atoms with van der Waals surface area (Å²) >= 11 is 1.68. The quantitative estimate of drug-likeness (QED) is 0.785. The molecule has 0 amide bonds. The van der Waals surface area contributed by atoms with E-state index >= 15 is 0 Å². The lowest BCUT2D eigenvalue weighted by molar-refractivity contribution is 0.185. The molecule has 0 saturated carbocycles. The molecule has 0 bridgehead atoms. The maximum Gasteiger partial charge on any atom is 0.182 e. The maximum atomic E-state index is 9.22. The molecule has 0 spiro atoms. The van der Waals surface area contributed by atoms with Crippen LogP contribution in [0.1, 0.15) is 17.4 Å². The first-order chi connectivity index (χ1) is 9.81. The van der Waals surface area contributed by atoms with E-state index in [9.17, 15) is 5.11 Å².